The third kappa shape index (κ3) is 2.49. The first-order chi connectivity index (χ1) is 10.2. The molecule has 3 rings (SSSR count). The Hall–Kier alpha value is -2.37. The van der Waals surface area contributed by atoms with Crippen LogP contribution in [0, 0.1) is 0 Å². The van der Waals surface area contributed by atoms with Crippen LogP contribution < -0.4 is 5.32 Å². The molecular formula is C15H19N5O. The van der Waals surface area contributed by atoms with E-state index in [1.807, 2.05) is 41.9 Å². The molecule has 0 radical (unpaired) electrons. The number of nitrogens with one attached hydrogen (secondary N) is 1. The lowest BCUT2D eigenvalue weighted by Gasteiger charge is -2.24. The first-order valence-electron chi connectivity index (χ1n) is 7.12. The molecule has 6 heteroatoms. The van der Waals surface area contributed by atoms with E-state index in [1.54, 1.807) is 12.4 Å². The van der Waals surface area contributed by atoms with Crippen LogP contribution in [0.2, 0.25) is 0 Å². The molecule has 1 N–H and O–H groups in total. The molecule has 1 aliphatic rings. The molecule has 3 heterocycles. The highest BCUT2D eigenvalue weighted by Gasteiger charge is 2.32. The summed E-state index contributed by atoms with van der Waals surface area (Å²) in [6.07, 6.45) is 7.24. The second kappa shape index (κ2) is 5.55. The summed E-state index contributed by atoms with van der Waals surface area (Å²) in [4.78, 5) is 23.4. The maximum atomic E-state index is 12.7. The average Bonchev–Trinajstić information content (AvgIpc) is 3.15. The van der Waals surface area contributed by atoms with Crippen LogP contribution in [0.1, 0.15) is 35.1 Å². The molecule has 0 spiro atoms. The van der Waals surface area contributed by atoms with Crippen molar-refractivity contribution in [3.8, 4) is 0 Å². The molecule has 0 aromatic carbocycles. The number of nitrogens with zero attached hydrogens (tertiary/aromatic N) is 4. The van der Waals surface area contributed by atoms with Crippen molar-refractivity contribution < 1.29 is 4.79 Å². The van der Waals surface area contributed by atoms with Gasteiger partial charge in [0.05, 0.1) is 24.1 Å². The Morgan fingerprint density at radius 2 is 2.29 bits per heavy atom. The molecule has 2 aromatic rings. The molecular weight excluding hydrogens is 266 g/mol. The number of carbonyl (C=O) groups excluding carboxylic acids is 1. The zero-order chi connectivity index (χ0) is 14.8. The van der Waals surface area contributed by atoms with Crippen molar-refractivity contribution in [2.75, 3.05) is 18.9 Å². The molecule has 6 nitrogen and oxygen atoms in total. The van der Waals surface area contributed by atoms with Crippen molar-refractivity contribution in [1.82, 2.24) is 19.4 Å². The Kier molecular flexibility index (Phi) is 3.60. The van der Waals surface area contributed by atoms with Gasteiger partial charge in [-0.1, -0.05) is 0 Å². The molecule has 2 aromatic heterocycles. The molecule has 1 fully saturated rings. The number of likely N-dealkylation sites (tertiary alicyclic amines) is 1. The fraction of sp³-hybridized carbons (Fsp3) is 0.400. The number of aryl methyl sites for hydroxylation is 1. The summed E-state index contributed by atoms with van der Waals surface area (Å²) in [5, 5.41) is 2.99. The molecule has 1 atom stereocenters. The number of anilines is 1. The highest BCUT2D eigenvalue weighted by atomic mass is 16.2. The van der Waals surface area contributed by atoms with Crippen LogP contribution in [-0.2, 0) is 7.05 Å². The molecule has 0 aliphatic carbocycles. The van der Waals surface area contributed by atoms with E-state index in [0.717, 1.165) is 30.9 Å². The molecule has 21 heavy (non-hydrogen) atoms. The van der Waals surface area contributed by atoms with E-state index in [2.05, 4.69) is 15.3 Å². The lowest BCUT2D eigenvalue weighted by molar-refractivity contribution is 0.0723. The van der Waals surface area contributed by atoms with Crippen molar-refractivity contribution >= 4 is 11.7 Å². The molecule has 110 valence electrons. The molecule has 1 amide bonds. The second-order valence-corrected chi connectivity index (χ2v) is 5.24. The summed E-state index contributed by atoms with van der Waals surface area (Å²) in [7, 11) is 3.70. The monoisotopic (exact) mass is 285 g/mol. The van der Waals surface area contributed by atoms with Gasteiger partial charge in [0.1, 0.15) is 11.5 Å². The van der Waals surface area contributed by atoms with Crippen LogP contribution in [0.15, 0.2) is 30.7 Å². The van der Waals surface area contributed by atoms with Gasteiger partial charge in [0.15, 0.2) is 0 Å². The van der Waals surface area contributed by atoms with Crippen molar-refractivity contribution in [2.45, 2.75) is 18.9 Å². The molecule has 1 aliphatic heterocycles. The normalized spacial score (nSPS) is 18.0. The van der Waals surface area contributed by atoms with Gasteiger partial charge in [-0.3, -0.25) is 9.78 Å². The number of amides is 1. The Bertz CT molecular complexity index is 651. The van der Waals surface area contributed by atoms with E-state index in [1.165, 1.54) is 0 Å². The quantitative estimate of drug-likeness (QED) is 0.934. The molecule has 1 unspecified atom stereocenters. The van der Waals surface area contributed by atoms with Crippen LogP contribution in [0.5, 0.6) is 0 Å². The Labute approximate surface area is 123 Å². The number of carbonyl (C=O) groups is 1. The first kappa shape index (κ1) is 13.6. The van der Waals surface area contributed by atoms with Crippen LogP contribution in [0.3, 0.4) is 0 Å². The highest BCUT2D eigenvalue weighted by molar-refractivity contribution is 5.93. The summed E-state index contributed by atoms with van der Waals surface area (Å²) < 4.78 is 1.85. The Morgan fingerprint density at radius 3 is 3.00 bits per heavy atom. The summed E-state index contributed by atoms with van der Waals surface area (Å²) in [6.45, 7) is 0.764. The molecule has 1 saturated heterocycles. The van der Waals surface area contributed by atoms with E-state index >= 15 is 0 Å². The zero-order valence-electron chi connectivity index (χ0n) is 12.3. The summed E-state index contributed by atoms with van der Waals surface area (Å²) in [6, 6.07) is 3.75. The maximum absolute atomic E-state index is 12.7. The smallest absolute Gasteiger partial charge is 0.271 e. The van der Waals surface area contributed by atoms with Gasteiger partial charge in [-0.15, -0.1) is 0 Å². The van der Waals surface area contributed by atoms with Gasteiger partial charge < -0.3 is 14.8 Å². The fourth-order valence-corrected chi connectivity index (χ4v) is 2.81. The largest absolute Gasteiger partial charge is 0.372 e. The van der Waals surface area contributed by atoms with Gasteiger partial charge >= 0.3 is 0 Å². The van der Waals surface area contributed by atoms with Gasteiger partial charge in [0.25, 0.3) is 5.91 Å². The van der Waals surface area contributed by atoms with Gasteiger partial charge in [0.2, 0.25) is 0 Å². The topological polar surface area (TPSA) is 63.1 Å². The highest BCUT2D eigenvalue weighted by Crippen LogP contribution is 2.32. The van der Waals surface area contributed by atoms with Crippen LogP contribution >= 0.6 is 0 Å². The van der Waals surface area contributed by atoms with E-state index in [0.29, 0.717) is 5.69 Å². The first-order valence-corrected chi connectivity index (χ1v) is 7.12. The lowest BCUT2D eigenvalue weighted by Crippen LogP contribution is -2.32. The minimum absolute atomic E-state index is 0.00759. The van der Waals surface area contributed by atoms with Crippen LogP contribution in [0.4, 0.5) is 5.82 Å². The third-order valence-corrected chi connectivity index (χ3v) is 3.93. The van der Waals surface area contributed by atoms with Crippen molar-refractivity contribution in [1.29, 1.82) is 0 Å². The minimum Gasteiger partial charge on any atom is -0.372 e. The van der Waals surface area contributed by atoms with E-state index in [4.69, 9.17) is 0 Å². The molecule has 0 saturated carbocycles. The van der Waals surface area contributed by atoms with Gasteiger partial charge in [-0.2, -0.15) is 0 Å². The SMILES string of the molecule is CNc1cncc(C2CCCN2C(=O)c2cccn2C)n1. The fourth-order valence-electron chi connectivity index (χ4n) is 2.81. The van der Waals surface area contributed by atoms with Crippen LogP contribution in [-0.4, -0.2) is 38.9 Å². The number of aromatic nitrogens is 3. The van der Waals surface area contributed by atoms with Crippen molar-refractivity contribution in [3.63, 3.8) is 0 Å². The zero-order valence-corrected chi connectivity index (χ0v) is 12.3. The number of hydrogen-bond acceptors (Lipinski definition) is 4. The Morgan fingerprint density at radius 1 is 1.43 bits per heavy atom. The van der Waals surface area contributed by atoms with Crippen molar-refractivity contribution in [2.24, 2.45) is 7.05 Å². The minimum atomic E-state index is 0.00759. The van der Waals surface area contributed by atoms with Crippen LogP contribution in [0.25, 0.3) is 0 Å². The number of hydrogen-bond donors (Lipinski definition) is 1. The standard InChI is InChI=1S/C15H19N5O/c1-16-14-10-17-9-11(18-14)12-5-4-8-20(12)15(21)13-6-3-7-19(13)2/h3,6-7,9-10,12H,4-5,8H2,1-2H3,(H,16,18). The van der Waals surface area contributed by atoms with Crippen molar-refractivity contribution in [3.05, 3.63) is 42.1 Å². The van der Waals surface area contributed by atoms with Gasteiger partial charge in [-0.25, -0.2) is 4.98 Å². The van der Waals surface area contributed by atoms with Gasteiger partial charge in [-0.05, 0) is 25.0 Å². The predicted octanol–water partition coefficient (Wildman–Crippen LogP) is 1.83. The summed E-state index contributed by atoms with van der Waals surface area (Å²) in [5.74, 6) is 0.785. The van der Waals surface area contributed by atoms with E-state index in [-0.39, 0.29) is 11.9 Å². The number of rotatable bonds is 3. The third-order valence-electron chi connectivity index (χ3n) is 3.93. The maximum Gasteiger partial charge on any atom is 0.271 e. The van der Waals surface area contributed by atoms with E-state index < -0.39 is 0 Å². The lowest BCUT2D eigenvalue weighted by atomic mass is 10.1. The predicted molar refractivity (Wildman–Crippen MR) is 80.0 cm³/mol. The molecule has 0 bridgehead atoms. The Balaban J connectivity index is 1.88. The second-order valence-electron chi connectivity index (χ2n) is 5.24. The summed E-state index contributed by atoms with van der Waals surface area (Å²) >= 11 is 0. The average molecular weight is 285 g/mol. The summed E-state index contributed by atoms with van der Waals surface area (Å²) in [5.41, 5.74) is 1.56. The van der Waals surface area contributed by atoms with E-state index in [9.17, 15) is 4.79 Å². The van der Waals surface area contributed by atoms with Gasteiger partial charge in [0, 0.05) is 26.8 Å².